The minimum absolute atomic E-state index is 0.113. The third kappa shape index (κ3) is 6.35. The lowest BCUT2D eigenvalue weighted by Crippen LogP contribution is -2.17. The minimum Gasteiger partial charge on any atom is -0.260 e. The van der Waals surface area contributed by atoms with E-state index in [1.54, 1.807) is 0 Å². The zero-order chi connectivity index (χ0) is 11.2. The van der Waals surface area contributed by atoms with Gasteiger partial charge in [0, 0.05) is 17.3 Å². The fourth-order valence-electron chi connectivity index (χ4n) is 0.879. The fraction of sp³-hybridized carbons (Fsp3) is 0.583. The number of halogens is 1. The van der Waals surface area contributed by atoms with Crippen molar-refractivity contribution in [3.8, 4) is 0 Å². The van der Waals surface area contributed by atoms with E-state index in [1.807, 2.05) is 10.3 Å². The summed E-state index contributed by atoms with van der Waals surface area (Å²) in [6, 6.07) is 0. The second-order valence-corrected chi connectivity index (χ2v) is 5.36. The van der Waals surface area contributed by atoms with E-state index in [0.29, 0.717) is 5.92 Å². The molecule has 0 N–H and O–H groups in total. The molecule has 0 unspecified atom stereocenters. The zero-order valence-corrected chi connectivity index (χ0v) is 11.9. The highest BCUT2D eigenvalue weighted by molar-refractivity contribution is 14.1. The molecule has 0 saturated carbocycles. The molecule has 0 radical (unpaired) electrons. The van der Waals surface area contributed by atoms with Gasteiger partial charge in [0.05, 0.1) is 0 Å². The second kappa shape index (κ2) is 6.38. The topological polar surface area (TPSA) is 12.4 Å². The Kier molecular flexibility index (Phi) is 6.33. The van der Waals surface area contributed by atoms with Gasteiger partial charge in [-0.15, -0.1) is 0 Å². The average molecular weight is 305 g/mol. The fourth-order valence-corrected chi connectivity index (χ4v) is 1.04. The Hall–Kier alpha value is -0.120. The van der Waals surface area contributed by atoms with Gasteiger partial charge in [-0.05, 0) is 16.1 Å². The Bertz CT molecular complexity index is 242. The van der Waals surface area contributed by atoms with Gasteiger partial charge in [0.25, 0.3) is 0 Å². The molecule has 80 valence electrons. The second-order valence-electron chi connectivity index (χ2n) is 4.64. The molecule has 0 rings (SSSR count). The third-order valence-corrected chi connectivity index (χ3v) is 2.00. The van der Waals surface area contributed by atoms with Crippen LogP contribution in [0, 0.1) is 11.3 Å². The van der Waals surface area contributed by atoms with Gasteiger partial charge in [0.2, 0.25) is 0 Å². The van der Waals surface area contributed by atoms with E-state index < -0.39 is 0 Å². The van der Waals surface area contributed by atoms with Crippen LogP contribution >= 0.6 is 22.6 Å². The lowest BCUT2D eigenvalue weighted by molar-refractivity contribution is 0.593. The summed E-state index contributed by atoms with van der Waals surface area (Å²) in [6.07, 6.45) is 6.15. The molecule has 0 aromatic heterocycles. The number of nitrogens with zero attached hydrogens (tertiary/aromatic N) is 1. The van der Waals surface area contributed by atoms with Crippen LogP contribution in [0.25, 0.3) is 0 Å². The van der Waals surface area contributed by atoms with Gasteiger partial charge in [-0.2, -0.15) is 0 Å². The molecule has 0 aromatic carbocycles. The molecular weight excluding hydrogens is 285 g/mol. The summed E-state index contributed by atoms with van der Waals surface area (Å²) >= 11 is 2.18. The van der Waals surface area contributed by atoms with Gasteiger partial charge in [-0.1, -0.05) is 63.3 Å². The van der Waals surface area contributed by atoms with E-state index in [1.165, 1.54) is 0 Å². The molecule has 0 aromatic rings. The highest BCUT2D eigenvalue weighted by Gasteiger charge is 2.15. The highest BCUT2D eigenvalue weighted by Crippen LogP contribution is 2.18. The first kappa shape index (κ1) is 13.9. The van der Waals surface area contributed by atoms with Crippen molar-refractivity contribution in [2.45, 2.75) is 34.6 Å². The van der Waals surface area contributed by atoms with Crippen LogP contribution in [0.3, 0.4) is 0 Å². The molecule has 0 heterocycles. The van der Waals surface area contributed by atoms with Gasteiger partial charge in [-0.25, -0.2) is 0 Å². The van der Waals surface area contributed by atoms with Crippen LogP contribution in [0.5, 0.6) is 0 Å². The maximum atomic E-state index is 4.43. The lowest BCUT2D eigenvalue weighted by atomic mass is 9.89. The van der Waals surface area contributed by atoms with Crippen molar-refractivity contribution < 1.29 is 0 Å². The Morgan fingerprint density at radius 1 is 1.29 bits per heavy atom. The van der Waals surface area contributed by atoms with Crippen LogP contribution in [0.4, 0.5) is 0 Å². The molecule has 0 fully saturated rings. The Labute approximate surface area is 102 Å². The normalized spacial score (nSPS) is 14.9. The molecule has 0 aliphatic carbocycles. The number of rotatable bonds is 3. The van der Waals surface area contributed by atoms with Gasteiger partial charge >= 0.3 is 0 Å². The molecule has 0 spiro atoms. The molecule has 2 heteroatoms. The van der Waals surface area contributed by atoms with Crippen molar-refractivity contribution in [3.05, 3.63) is 22.4 Å². The molecule has 0 aliphatic rings. The smallest absolute Gasteiger partial charge is 0.0454 e. The lowest BCUT2D eigenvalue weighted by Gasteiger charge is -2.18. The van der Waals surface area contributed by atoms with Crippen molar-refractivity contribution in [1.29, 1.82) is 0 Å². The monoisotopic (exact) mass is 305 g/mol. The molecule has 0 aliphatic heterocycles. The summed E-state index contributed by atoms with van der Waals surface area (Å²) in [5.74, 6) is 0.575. The van der Waals surface area contributed by atoms with E-state index in [0.717, 1.165) is 5.71 Å². The van der Waals surface area contributed by atoms with Crippen LogP contribution < -0.4 is 0 Å². The Morgan fingerprint density at radius 2 is 1.86 bits per heavy atom. The van der Waals surface area contributed by atoms with E-state index in [4.69, 9.17) is 0 Å². The van der Waals surface area contributed by atoms with Gasteiger partial charge in [0.15, 0.2) is 0 Å². The predicted molar refractivity (Wildman–Crippen MR) is 74.0 cm³/mol. The quantitative estimate of drug-likeness (QED) is 0.534. The first-order chi connectivity index (χ1) is 6.38. The summed E-state index contributed by atoms with van der Waals surface area (Å²) in [5, 5.41) is 0. The number of hydrogen-bond acceptors (Lipinski definition) is 1. The summed E-state index contributed by atoms with van der Waals surface area (Å²) in [4.78, 5) is 4.43. The predicted octanol–water partition coefficient (Wildman–Crippen LogP) is 4.59. The average Bonchev–Trinajstić information content (AvgIpc) is 2.01. The van der Waals surface area contributed by atoms with Crippen LogP contribution in [-0.4, -0.2) is 5.71 Å². The molecule has 0 saturated heterocycles. The molecule has 14 heavy (non-hydrogen) atoms. The first-order valence-electron chi connectivity index (χ1n) is 4.89. The third-order valence-electron chi connectivity index (χ3n) is 1.68. The van der Waals surface area contributed by atoms with Crippen molar-refractivity contribution in [1.82, 2.24) is 0 Å². The van der Waals surface area contributed by atoms with Crippen molar-refractivity contribution in [2.24, 2.45) is 16.3 Å². The van der Waals surface area contributed by atoms with E-state index in [2.05, 4.69) is 74.4 Å². The Balaban J connectivity index is 4.75. The first-order valence-corrected chi connectivity index (χ1v) is 6.14. The molecule has 0 amide bonds. The van der Waals surface area contributed by atoms with Crippen molar-refractivity contribution in [3.63, 3.8) is 0 Å². The van der Waals surface area contributed by atoms with Gasteiger partial charge in [0.1, 0.15) is 0 Å². The standard InChI is InChI=1S/C12H20IN/c1-10(2)6-7-11(12(3,4)5)14-9-8-13/h6-10H,1-5H3/b7-6-,9-8+,14-11+. The highest BCUT2D eigenvalue weighted by atomic mass is 127. The van der Waals surface area contributed by atoms with Crippen LogP contribution in [0.1, 0.15) is 34.6 Å². The summed E-state index contributed by atoms with van der Waals surface area (Å²) < 4.78 is 1.92. The summed E-state index contributed by atoms with van der Waals surface area (Å²) in [7, 11) is 0. The van der Waals surface area contributed by atoms with Gasteiger partial charge in [-0.3, -0.25) is 4.99 Å². The SMILES string of the molecule is CC(C)\C=C/C(=N\C=C\I)C(C)(C)C. The van der Waals surface area contributed by atoms with Crippen LogP contribution in [0.15, 0.2) is 27.4 Å². The Morgan fingerprint density at radius 3 is 2.21 bits per heavy atom. The summed E-state index contributed by atoms with van der Waals surface area (Å²) in [5.41, 5.74) is 1.24. The van der Waals surface area contributed by atoms with Crippen LogP contribution in [-0.2, 0) is 0 Å². The number of allylic oxidation sites excluding steroid dienone is 2. The molecule has 1 nitrogen and oxygen atoms in total. The molecule has 0 atom stereocenters. The maximum absolute atomic E-state index is 4.43. The molecule has 0 bridgehead atoms. The van der Waals surface area contributed by atoms with Crippen LogP contribution in [0.2, 0.25) is 0 Å². The van der Waals surface area contributed by atoms with E-state index >= 15 is 0 Å². The zero-order valence-electron chi connectivity index (χ0n) is 9.71. The summed E-state index contributed by atoms with van der Waals surface area (Å²) in [6.45, 7) is 10.9. The van der Waals surface area contributed by atoms with Crippen molar-refractivity contribution in [2.75, 3.05) is 0 Å². The maximum Gasteiger partial charge on any atom is 0.0454 e. The largest absolute Gasteiger partial charge is 0.260 e. The van der Waals surface area contributed by atoms with Crippen molar-refractivity contribution >= 4 is 28.3 Å². The van der Waals surface area contributed by atoms with E-state index in [-0.39, 0.29) is 5.41 Å². The van der Waals surface area contributed by atoms with Gasteiger partial charge < -0.3 is 0 Å². The minimum atomic E-state index is 0.113. The van der Waals surface area contributed by atoms with E-state index in [9.17, 15) is 0 Å². The number of hydrogen-bond donors (Lipinski definition) is 0. The molecular formula is C12H20IN. The number of aliphatic imine (C=N–C) groups is 1.